The molecule has 1 atom stereocenters. The SMILES string of the molecule is Cn1cc(CNC2(CO)CCc3ccccc32)c(=O)n(C)c1=O. The lowest BCUT2D eigenvalue weighted by Gasteiger charge is -2.30. The van der Waals surface area contributed by atoms with Gasteiger partial charge in [0, 0.05) is 32.4 Å². The van der Waals surface area contributed by atoms with Gasteiger partial charge in [-0.3, -0.25) is 9.36 Å². The molecule has 23 heavy (non-hydrogen) atoms. The van der Waals surface area contributed by atoms with Crippen molar-refractivity contribution in [1.82, 2.24) is 14.5 Å². The van der Waals surface area contributed by atoms with Crippen LogP contribution in [0.2, 0.25) is 0 Å². The summed E-state index contributed by atoms with van der Waals surface area (Å²) < 4.78 is 2.50. The van der Waals surface area contributed by atoms with E-state index in [1.54, 1.807) is 13.2 Å². The lowest BCUT2D eigenvalue weighted by Crippen LogP contribution is -2.46. The maximum Gasteiger partial charge on any atom is 0.330 e. The first-order valence-electron chi connectivity index (χ1n) is 7.68. The molecular weight excluding hydrogens is 294 g/mol. The largest absolute Gasteiger partial charge is 0.394 e. The van der Waals surface area contributed by atoms with Crippen LogP contribution in [0.25, 0.3) is 0 Å². The van der Waals surface area contributed by atoms with Gasteiger partial charge in [-0.05, 0) is 24.0 Å². The molecule has 1 aliphatic rings. The number of aliphatic hydroxyl groups excluding tert-OH is 1. The standard InChI is InChI=1S/C17H21N3O3/c1-19-10-13(15(22)20(2)16(19)23)9-18-17(11-21)8-7-12-5-3-4-6-14(12)17/h3-6,10,18,21H,7-9,11H2,1-2H3. The summed E-state index contributed by atoms with van der Waals surface area (Å²) in [7, 11) is 3.10. The summed E-state index contributed by atoms with van der Waals surface area (Å²) >= 11 is 0. The van der Waals surface area contributed by atoms with E-state index >= 15 is 0 Å². The molecule has 0 saturated carbocycles. The Morgan fingerprint density at radius 2 is 2.00 bits per heavy atom. The fourth-order valence-electron chi connectivity index (χ4n) is 3.36. The molecular formula is C17H21N3O3. The van der Waals surface area contributed by atoms with E-state index in [4.69, 9.17) is 0 Å². The minimum Gasteiger partial charge on any atom is -0.394 e. The first kappa shape index (κ1) is 15.7. The molecule has 0 spiro atoms. The van der Waals surface area contributed by atoms with Crippen molar-refractivity contribution in [2.75, 3.05) is 6.61 Å². The number of nitrogens with one attached hydrogen (secondary N) is 1. The molecule has 1 aliphatic carbocycles. The van der Waals surface area contributed by atoms with Gasteiger partial charge in [0.15, 0.2) is 0 Å². The molecule has 1 aromatic heterocycles. The second-order valence-electron chi connectivity index (χ2n) is 6.16. The molecule has 0 aliphatic heterocycles. The summed E-state index contributed by atoms with van der Waals surface area (Å²) in [5, 5.41) is 13.3. The van der Waals surface area contributed by atoms with E-state index in [0.717, 1.165) is 23.0 Å². The van der Waals surface area contributed by atoms with Crippen LogP contribution in [0, 0.1) is 0 Å². The maximum absolute atomic E-state index is 12.2. The number of rotatable bonds is 4. The van der Waals surface area contributed by atoms with Gasteiger partial charge in [-0.15, -0.1) is 0 Å². The van der Waals surface area contributed by atoms with Gasteiger partial charge >= 0.3 is 5.69 Å². The molecule has 6 heteroatoms. The summed E-state index contributed by atoms with van der Waals surface area (Å²) in [6.45, 7) is 0.270. The molecule has 2 N–H and O–H groups in total. The van der Waals surface area contributed by atoms with Crippen molar-refractivity contribution in [1.29, 1.82) is 0 Å². The topological polar surface area (TPSA) is 76.3 Å². The van der Waals surface area contributed by atoms with Crippen molar-refractivity contribution in [3.05, 3.63) is 68.0 Å². The van der Waals surface area contributed by atoms with Crippen LogP contribution in [0.3, 0.4) is 0 Å². The van der Waals surface area contributed by atoms with Crippen LogP contribution in [-0.2, 0) is 32.6 Å². The normalized spacial score (nSPS) is 19.8. The number of hydrogen-bond acceptors (Lipinski definition) is 4. The Kier molecular flexibility index (Phi) is 3.95. The van der Waals surface area contributed by atoms with Crippen LogP contribution >= 0.6 is 0 Å². The Morgan fingerprint density at radius 1 is 1.26 bits per heavy atom. The second-order valence-corrected chi connectivity index (χ2v) is 6.16. The lowest BCUT2D eigenvalue weighted by atomic mass is 9.92. The average Bonchev–Trinajstić information content (AvgIpc) is 2.94. The highest BCUT2D eigenvalue weighted by Gasteiger charge is 2.37. The van der Waals surface area contributed by atoms with Gasteiger partial charge in [-0.1, -0.05) is 24.3 Å². The zero-order chi connectivity index (χ0) is 16.6. The number of aryl methyl sites for hydroxylation is 2. The van der Waals surface area contributed by atoms with Crippen LogP contribution in [-0.4, -0.2) is 20.8 Å². The highest BCUT2D eigenvalue weighted by molar-refractivity contribution is 5.39. The van der Waals surface area contributed by atoms with E-state index < -0.39 is 5.54 Å². The number of fused-ring (bicyclic) bond motifs is 1. The van der Waals surface area contributed by atoms with Gasteiger partial charge in [0.05, 0.1) is 12.1 Å². The van der Waals surface area contributed by atoms with E-state index in [1.165, 1.54) is 17.2 Å². The van der Waals surface area contributed by atoms with Gasteiger partial charge in [0.2, 0.25) is 0 Å². The Bertz CT molecular complexity index is 853. The number of nitrogens with zero attached hydrogens (tertiary/aromatic N) is 2. The second kappa shape index (κ2) is 5.79. The fraction of sp³-hybridized carbons (Fsp3) is 0.412. The highest BCUT2D eigenvalue weighted by Crippen LogP contribution is 2.36. The van der Waals surface area contributed by atoms with Crippen LogP contribution in [0.4, 0.5) is 0 Å². The number of aliphatic hydroxyl groups is 1. The molecule has 6 nitrogen and oxygen atoms in total. The van der Waals surface area contributed by atoms with Crippen molar-refractivity contribution >= 4 is 0 Å². The quantitative estimate of drug-likeness (QED) is 0.833. The molecule has 0 radical (unpaired) electrons. The Morgan fingerprint density at radius 3 is 2.74 bits per heavy atom. The van der Waals surface area contributed by atoms with Gasteiger partial charge < -0.3 is 15.0 Å². The number of hydrogen-bond donors (Lipinski definition) is 2. The molecule has 0 saturated heterocycles. The Balaban J connectivity index is 1.92. The highest BCUT2D eigenvalue weighted by atomic mass is 16.3. The third-order valence-corrected chi connectivity index (χ3v) is 4.76. The van der Waals surface area contributed by atoms with Crippen molar-refractivity contribution in [3.63, 3.8) is 0 Å². The van der Waals surface area contributed by atoms with Gasteiger partial charge in [-0.2, -0.15) is 0 Å². The Labute approximate surface area is 134 Å². The molecule has 1 aromatic carbocycles. The van der Waals surface area contributed by atoms with Gasteiger partial charge in [0.1, 0.15) is 0 Å². The molecule has 0 bridgehead atoms. The van der Waals surface area contributed by atoms with E-state index in [2.05, 4.69) is 11.4 Å². The molecule has 1 heterocycles. The zero-order valence-electron chi connectivity index (χ0n) is 13.4. The summed E-state index contributed by atoms with van der Waals surface area (Å²) in [5.74, 6) is 0. The molecule has 1 unspecified atom stereocenters. The van der Waals surface area contributed by atoms with E-state index in [1.807, 2.05) is 18.2 Å². The third-order valence-electron chi connectivity index (χ3n) is 4.76. The zero-order valence-corrected chi connectivity index (χ0v) is 13.4. The summed E-state index contributed by atoms with van der Waals surface area (Å²) in [6, 6.07) is 8.04. The van der Waals surface area contributed by atoms with Crippen LogP contribution in [0.1, 0.15) is 23.1 Å². The molecule has 0 fully saturated rings. The first-order valence-corrected chi connectivity index (χ1v) is 7.68. The van der Waals surface area contributed by atoms with Crippen molar-refractivity contribution in [2.45, 2.75) is 24.9 Å². The summed E-state index contributed by atoms with van der Waals surface area (Å²) in [4.78, 5) is 24.0. The van der Waals surface area contributed by atoms with Crippen LogP contribution < -0.4 is 16.6 Å². The average molecular weight is 315 g/mol. The third kappa shape index (κ3) is 2.54. The summed E-state index contributed by atoms with van der Waals surface area (Å²) in [6.07, 6.45) is 3.24. The molecule has 2 aromatic rings. The molecule has 3 rings (SSSR count). The van der Waals surface area contributed by atoms with Crippen LogP contribution in [0.15, 0.2) is 40.1 Å². The van der Waals surface area contributed by atoms with E-state index in [9.17, 15) is 14.7 Å². The van der Waals surface area contributed by atoms with Crippen molar-refractivity contribution < 1.29 is 5.11 Å². The minimum absolute atomic E-state index is 0.0317. The van der Waals surface area contributed by atoms with Crippen molar-refractivity contribution in [2.24, 2.45) is 14.1 Å². The minimum atomic E-state index is -0.531. The number of aromatic nitrogens is 2. The predicted octanol–water partition coefficient (Wildman–Crippen LogP) is 0.00760. The van der Waals surface area contributed by atoms with Gasteiger partial charge in [-0.25, -0.2) is 4.79 Å². The lowest BCUT2D eigenvalue weighted by molar-refractivity contribution is 0.158. The van der Waals surface area contributed by atoms with E-state index in [0.29, 0.717) is 12.1 Å². The Hall–Kier alpha value is -2.18. The fourth-order valence-corrected chi connectivity index (χ4v) is 3.36. The smallest absolute Gasteiger partial charge is 0.330 e. The monoisotopic (exact) mass is 315 g/mol. The maximum atomic E-state index is 12.2. The van der Waals surface area contributed by atoms with Crippen molar-refractivity contribution in [3.8, 4) is 0 Å². The first-order chi connectivity index (χ1) is 11.0. The molecule has 122 valence electrons. The summed E-state index contributed by atoms with van der Waals surface area (Å²) in [5.41, 5.74) is 1.64. The number of benzene rings is 1. The van der Waals surface area contributed by atoms with Gasteiger partial charge in [0.25, 0.3) is 5.56 Å². The van der Waals surface area contributed by atoms with Crippen LogP contribution in [0.5, 0.6) is 0 Å². The molecule has 0 amide bonds. The van der Waals surface area contributed by atoms with E-state index in [-0.39, 0.29) is 17.9 Å². The predicted molar refractivity (Wildman–Crippen MR) is 87.3 cm³/mol.